The second kappa shape index (κ2) is 8.83. The first-order valence-electron chi connectivity index (χ1n) is 7.53. The van der Waals surface area contributed by atoms with E-state index >= 15 is 0 Å². The van der Waals surface area contributed by atoms with Crippen molar-refractivity contribution in [1.29, 1.82) is 0 Å². The van der Waals surface area contributed by atoms with Gasteiger partial charge in [-0.25, -0.2) is 0 Å². The third-order valence-electron chi connectivity index (χ3n) is 3.41. The maximum Gasteiger partial charge on any atom is 0.0819 e. The Morgan fingerprint density at radius 1 is 1.18 bits per heavy atom. The van der Waals surface area contributed by atoms with E-state index in [2.05, 4.69) is 42.9 Å². The number of para-hydroxylation sites is 1. The van der Waals surface area contributed by atoms with Gasteiger partial charge in [0.25, 0.3) is 0 Å². The van der Waals surface area contributed by atoms with Crippen molar-refractivity contribution in [2.75, 3.05) is 5.32 Å². The monoisotopic (exact) mass is 294 g/mol. The van der Waals surface area contributed by atoms with Crippen LogP contribution in [0.25, 0.3) is 0 Å². The predicted octanol–water partition coefficient (Wildman–Crippen LogP) is 5.81. The summed E-state index contributed by atoms with van der Waals surface area (Å²) in [6, 6.07) is 8.15. The van der Waals surface area contributed by atoms with Gasteiger partial charge in [0.15, 0.2) is 0 Å². The maximum absolute atomic E-state index is 4.69. The van der Waals surface area contributed by atoms with Crippen LogP contribution in [0, 0.1) is 6.92 Å². The smallest absolute Gasteiger partial charge is 0.0819 e. The molecular weight excluding hydrogens is 268 g/mol. The molecule has 0 saturated heterocycles. The van der Waals surface area contributed by atoms with Crippen molar-refractivity contribution < 1.29 is 0 Å². The molecule has 0 aliphatic rings. The lowest BCUT2D eigenvalue weighted by molar-refractivity contribution is 1.26. The number of nitrogens with one attached hydrogen (secondary N) is 1. The highest BCUT2D eigenvalue weighted by atomic mass is 14.9. The molecule has 0 radical (unpaired) electrons. The molecule has 0 aliphatic heterocycles. The quantitative estimate of drug-likeness (QED) is 0.520. The fourth-order valence-corrected chi connectivity index (χ4v) is 1.88. The van der Waals surface area contributed by atoms with Crippen molar-refractivity contribution in [2.24, 2.45) is 4.99 Å². The molecule has 0 atom stereocenters. The molecule has 0 bridgehead atoms. The van der Waals surface area contributed by atoms with E-state index < -0.39 is 0 Å². The first kappa shape index (κ1) is 17.7. The summed E-state index contributed by atoms with van der Waals surface area (Å²) >= 11 is 0. The molecule has 1 rings (SSSR count). The molecule has 22 heavy (non-hydrogen) atoms. The number of anilines is 1. The third-order valence-corrected chi connectivity index (χ3v) is 3.41. The van der Waals surface area contributed by atoms with Gasteiger partial charge in [0, 0.05) is 11.4 Å². The van der Waals surface area contributed by atoms with Crippen molar-refractivity contribution in [2.45, 2.75) is 34.6 Å². The molecule has 0 amide bonds. The first-order valence-corrected chi connectivity index (χ1v) is 7.53. The number of nitrogens with zero attached hydrogens (tertiary/aromatic N) is 1. The van der Waals surface area contributed by atoms with Gasteiger partial charge in [-0.15, -0.1) is 0 Å². The third kappa shape index (κ3) is 5.21. The van der Waals surface area contributed by atoms with Crippen LogP contribution in [-0.4, -0.2) is 5.71 Å². The average molecular weight is 294 g/mol. The van der Waals surface area contributed by atoms with Crippen LogP contribution in [0.2, 0.25) is 0 Å². The van der Waals surface area contributed by atoms with E-state index in [-0.39, 0.29) is 0 Å². The summed E-state index contributed by atoms with van der Waals surface area (Å²) in [7, 11) is 0. The molecule has 116 valence electrons. The van der Waals surface area contributed by atoms with E-state index in [4.69, 9.17) is 0 Å². The summed E-state index contributed by atoms with van der Waals surface area (Å²) in [6.45, 7) is 14.2. The number of aliphatic imine (C=N–C) groups is 1. The molecule has 0 fully saturated rings. The zero-order chi connectivity index (χ0) is 16.5. The van der Waals surface area contributed by atoms with E-state index in [1.807, 2.05) is 57.2 Å². The summed E-state index contributed by atoms with van der Waals surface area (Å²) in [4.78, 5) is 4.69. The lowest BCUT2D eigenvalue weighted by Gasteiger charge is -2.13. The van der Waals surface area contributed by atoms with Crippen LogP contribution in [0.4, 0.5) is 5.69 Å². The van der Waals surface area contributed by atoms with Crippen LogP contribution >= 0.6 is 0 Å². The first-order chi connectivity index (χ1) is 10.5. The zero-order valence-corrected chi connectivity index (χ0v) is 14.3. The predicted molar refractivity (Wildman–Crippen MR) is 99.4 cm³/mol. The van der Waals surface area contributed by atoms with Crippen molar-refractivity contribution in [1.82, 2.24) is 0 Å². The van der Waals surface area contributed by atoms with Gasteiger partial charge in [0.1, 0.15) is 0 Å². The van der Waals surface area contributed by atoms with Crippen LogP contribution in [0.1, 0.15) is 33.3 Å². The molecule has 1 N–H and O–H groups in total. The van der Waals surface area contributed by atoms with E-state index in [0.717, 1.165) is 28.4 Å². The molecule has 1 aromatic rings. The number of hydrogen-bond acceptors (Lipinski definition) is 2. The minimum atomic E-state index is 0.801. The molecule has 0 saturated carbocycles. The Balaban J connectivity index is 2.93. The minimum Gasteiger partial charge on any atom is -0.354 e. The second-order valence-corrected chi connectivity index (χ2v) is 5.17. The number of benzene rings is 1. The number of hydrogen-bond donors (Lipinski definition) is 1. The SMILES string of the molecule is C=C(Nc1ccccc1C)C(=C/C)/N=C(C)/C(C)=C/C=C\C. The number of aryl methyl sites for hydroxylation is 1. The number of rotatable bonds is 6. The van der Waals surface area contributed by atoms with Crippen molar-refractivity contribution in [3.8, 4) is 0 Å². The van der Waals surface area contributed by atoms with E-state index in [0.29, 0.717) is 0 Å². The Morgan fingerprint density at radius 3 is 2.45 bits per heavy atom. The Bertz CT molecular complexity index is 643. The summed E-state index contributed by atoms with van der Waals surface area (Å²) in [5.74, 6) is 0. The van der Waals surface area contributed by atoms with Crippen LogP contribution in [0.15, 0.2) is 77.1 Å². The van der Waals surface area contributed by atoms with E-state index in [1.165, 1.54) is 5.56 Å². The highest BCUT2D eigenvalue weighted by Crippen LogP contribution is 2.19. The minimum absolute atomic E-state index is 0.801. The summed E-state index contributed by atoms with van der Waals surface area (Å²) in [5, 5.41) is 3.35. The van der Waals surface area contributed by atoms with Crippen LogP contribution in [0.5, 0.6) is 0 Å². The van der Waals surface area contributed by atoms with Crippen LogP contribution in [-0.2, 0) is 0 Å². The average Bonchev–Trinajstić information content (AvgIpc) is 2.51. The fourth-order valence-electron chi connectivity index (χ4n) is 1.88. The van der Waals surface area contributed by atoms with Gasteiger partial charge >= 0.3 is 0 Å². The Hall–Kier alpha value is -2.35. The molecule has 2 heteroatoms. The van der Waals surface area contributed by atoms with Crippen molar-refractivity contribution in [3.63, 3.8) is 0 Å². The van der Waals surface area contributed by atoms with Gasteiger partial charge in [0.2, 0.25) is 0 Å². The standard InChI is InChI=1S/C20H26N2/c1-7-9-12-15(3)17(5)21-19(8-2)18(6)22-20-14-11-10-13-16(20)4/h7-14,22H,6H2,1-5H3/b9-7-,15-12+,19-8-,21-17+. The topological polar surface area (TPSA) is 24.4 Å². The lowest BCUT2D eigenvalue weighted by Crippen LogP contribution is -2.04. The maximum atomic E-state index is 4.69. The Labute approximate surface area is 134 Å². The van der Waals surface area contributed by atoms with E-state index in [9.17, 15) is 0 Å². The second-order valence-electron chi connectivity index (χ2n) is 5.17. The number of allylic oxidation sites excluding steroid dienone is 5. The van der Waals surface area contributed by atoms with Crippen LogP contribution in [0.3, 0.4) is 0 Å². The van der Waals surface area contributed by atoms with E-state index in [1.54, 1.807) is 0 Å². The highest BCUT2D eigenvalue weighted by molar-refractivity contribution is 5.98. The zero-order valence-electron chi connectivity index (χ0n) is 14.3. The molecule has 2 nitrogen and oxygen atoms in total. The molecule has 0 heterocycles. The molecule has 0 aromatic heterocycles. The normalized spacial score (nSPS) is 13.6. The molecule has 0 spiro atoms. The molecular formula is C20H26N2. The van der Waals surface area contributed by atoms with Gasteiger partial charge < -0.3 is 5.32 Å². The Morgan fingerprint density at radius 2 is 1.86 bits per heavy atom. The van der Waals surface area contributed by atoms with Gasteiger partial charge in [-0.2, -0.15) is 0 Å². The fraction of sp³-hybridized carbons (Fsp3) is 0.250. The van der Waals surface area contributed by atoms with Crippen LogP contribution < -0.4 is 5.32 Å². The van der Waals surface area contributed by atoms with Gasteiger partial charge in [-0.05, 0) is 51.8 Å². The lowest BCUT2D eigenvalue weighted by atomic mass is 10.1. The largest absolute Gasteiger partial charge is 0.354 e. The Kier molecular flexibility index (Phi) is 7.11. The summed E-state index contributed by atoms with van der Waals surface area (Å²) < 4.78 is 0. The molecule has 0 aliphatic carbocycles. The van der Waals surface area contributed by atoms with Crippen molar-refractivity contribution >= 4 is 11.4 Å². The molecule has 1 aromatic carbocycles. The summed E-state index contributed by atoms with van der Waals surface area (Å²) in [6.07, 6.45) is 8.06. The summed E-state index contributed by atoms with van der Waals surface area (Å²) in [5.41, 5.74) is 6.02. The van der Waals surface area contributed by atoms with Crippen molar-refractivity contribution in [3.05, 3.63) is 77.7 Å². The highest BCUT2D eigenvalue weighted by Gasteiger charge is 2.04. The molecule has 0 unspecified atom stereocenters. The van der Waals surface area contributed by atoms with Gasteiger partial charge in [-0.1, -0.05) is 49.1 Å². The van der Waals surface area contributed by atoms with Gasteiger partial charge in [-0.3, -0.25) is 4.99 Å². The van der Waals surface area contributed by atoms with Gasteiger partial charge in [0.05, 0.1) is 11.4 Å².